The van der Waals surface area contributed by atoms with Gasteiger partial charge in [0.1, 0.15) is 5.75 Å². The van der Waals surface area contributed by atoms with E-state index >= 15 is 0 Å². The van der Waals surface area contributed by atoms with E-state index in [0.29, 0.717) is 25.4 Å². The molecule has 3 saturated heterocycles. The third kappa shape index (κ3) is 4.21. The summed E-state index contributed by atoms with van der Waals surface area (Å²) in [7, 11) is 0. The van der Waals surface area contributed by atoms with Gasteiger partial charge in [-0.05, 0) is 76.4 Å². The van der Waals surface area contributed by atoms with Gasteiger partial charge in [0, 0.05) is 19.0 Å². The van der Waals surface area contributed by atoms with Gasteiger partial charge in [-0.25, -0.2) is 4.90 Å². The van der Waals surface area contributed by atoms with Crippen molar-refractivity contribution in [2.24, 2.45) is 5.92 Å². The fraction of sp³-hybridized carbons (Fsp3) is 0.609. The van der Waals surface area contributed by atoms with E-state index < -0.39 is 6.04 Å². The molecule has 0 radical (unpaired) electrons. The van der Waals surface area contributed by atoms with E-state index in [1.54, 1.807) is 24.3 Å². The average molecular weight is 414 g/mol. The minimum absolute atomic E-state index is 0.0498. The largest absolute Gasteiger partial charge is 0.494 e. The Morgan fingerprint density at radius 1 is 1.00 bits per heavy atom. The monoisotopic (exact) mass is 413 g/mol. The molecule has 0 unspecified atom stereocenters. The maximum atomic E-state index is 13.0. The molecule has 1 aromatic carbocycles. The van der Waals surface area contributed by atoms with Crippen molar-refractivity contribution in [3.63, 3.8) is 0 Å². The summed E-state index contributed by atoms with van der Waals surface area (Å²) < 4.78 is 5.44. The van der Waals surface area contributed by atoms with E-state index in [9.17, 15) is 14.4 Å². The first-order chi connectivity index (χ1) is 14.6. The lowest BCUT2D eigenvalue weighted by molar-refractivity contribution is -0.138. The fourth-order valence-electron chi connectivity index (χ4n) is 4.86. The van der Waals surface area contributed by atoms with Crippen LogP contribution >= 0.6 is 0 Å². The van der Waals surface area contributed by atoms with Gasteiger partial charge in [0.25, 0.3) is 5.91 Å². The van der Waals surface area contributed by atoms with Crippen LogP contribution in [0.2, 0.25) is 0 Å². The number of carbonyl (C=O) groups is 3. The zero-order chi connectivity index (χ0) is 21.1. The molecule has 3 aliphatic rings. The van der Waals surface area contributed by atoms with Crippen molar-refractivity contribution in [1.82, 2.24) is 9.80 Å². The molecule has 0 spiro atoms. The topological polar surface area (TPSA) is 70.2 Å². The van der Waals surface area contributed by atoms with Gasteiger partial charge in [-0.1, -0.05) is 0 Å². The van der Waals surface area contributed by atoms with Crippen molar-refractivity contribution in [3.05, 3.63) is 24.3 Å². The minimum atomic E-state index is -0.421. The minimum Gasteiger partial charge on any atom is -0.494 e. The van der Waals surface area contributed by atoms with Gasteiger partial charge in [-0.3, -0.25) is 19.3 Å². The highest BCUT2D eigenvalue weighted by Gasteiger charge is 2.44. The van der Waals surface area contributed by atoms with E-state index in [0.717, 1.165) is 44.5 Å². The number of carbonyl (C=O) groups excluding carboxylic acids is 3. The van der Waals surface area contributed by atoms with E-state index in [1.807, 2.05) is 11.8 Å². The van der Waals surface area contributed by atoms with Crippen LogP contribution in [-0.4, -0.2) is 66.3 Å². The van der Waals surface area contributed by atoms with Crippen LogP contribution in [0.5, 0.6) is 5.75 Å². The van der Waals surface area contributed by atoms with Gasteiger partial charge >= 0.3 is 0 Å². The zero-order valence-electron chi connectivity index (χ0n) is 17.7. The lowest BCUT2D eigenvalue weighted by Crippen LogP contribution is -2.49. The van der Waals surface area contributed by atoms with Crippen LogP contribution in [0.15, 0.2) is 24.3 Å². The van der Waals surface area contributed by atoms with Crippen molar-refractivity contribution >= 4 is 23.4 Å². The first-order valence-corrected chi connectivity index (χ1v) is 11.2. The van der Waals surface area contributed by atoms with Crippen molar-refractivity contribution in [2.45, 2.75) is 51.5 Å². The molecule has 0 aromatic heterocycles. The number of likely N-dealkylation sites (tertiary alicyclic amines) is 2. The molecular formula is C23H31N3O4. The first-order valence-electron chi connectivity index (χ1n) is 11.2. The van der Waals surface area contributed by atoms with Gasteiger partial charge in [-0.15, -0.1) is 0 Å². The molecule has 0 saturated carbocycles. The third-order valence-corrected chi connectivity index (χ3v) is 6.52. The van der Waals surface area contributed by atoms with E-state index in [4.69, 9.17) is 4.74 Å². The van der Waals surface area contributed by atoms with E-state index in [-0.39, 0.29) is 30.1 Å². The molecule has 3 aliphatic heterocycles. The summed E-state index contributed by atoms with van der Waals surface area (Å²) in [5.74, 6) is 0.718. The van der Waals surface area contributed by atoms with Crippen LogP contribution < -0.4 is 9.64 Å². The Balaban J connectivity index is 1.35. The third-order valence-electron chi connectivity index (χ3n) is 6.52. The number of benzene rings is 1. The molecular weight excluding hydrogens is 382 g/mol. The molecule has 3 fully saturated rings. The highest BCUT2D eigenvalue weighted by molar-refractivity contribution is 6.22. The Kier molecular flexibility index (Phi) is 6.37. The number of amides is 3. The highest BCUT2D eigenvalue weighted by Crippen LogP contribution is 2.30. The fourth-order valence-corrected chi connectivity index (χ4v) is 4.86. The summed E-state index contributed by atoms with van der Waals surface area (Å²) in [6.07, 6.45) is 5.14. The standard InChI is InChI=1S/C23H31N3O4/c1-2-30-19-8-6-18(7-9-19)26-21(27)16-20(23(26)29)24-14-10-17(11-15-24)22(28)25-12-4-3-5-13-25/h6-9,17,20H,2-5,10-16H2,1H3/t20-/m0/s1. The Morgan fingerprint density at radius 2 is 1.67 bits per heavy atom. The quantitative estimate of drug-likeness (QED) is 0.694. The number of anilines is 1. The summed E-state index contributed by atoms with van der Waals surface area (Å²) in [6.45, 7) is 5.61. The summed E-state index contributed by atoms with van der Waals surface area (Å²) >= 11 is 0. The number of nitrogens with zero attached hydrogens (tertiary/aromatic N) is 3. The number of imide groups is 1. The molecule has 162 valence electrons. The molecule has 0 aliphatic carbocycles. The predicted molar refractivity (Wildman–Crippen MR) is 113 cm³/mol. The van der Waals surface area contributed by atoms with Crippen LogP contribution in [0.4, 0.5) is 5.69 Å². The van der Waals surface area contributed by atoms with Crippen molar-refractivity contribution in [3.8, 4) is 5.75 Å². The molecule has 30 heavy (non-hydrogen) atoms. The van der Waals surface area contributed by atoms with Gasteiger partial charge in [0.05, 0.1) is 24.8 Å². The molecule has 0 N–H and O–H groups in total. The smallest absolute Gasteiger partial charge is 0.251 e. The summed E-state index contributed by atoms with van der Waals surface area (Å²) in [6, 6.07) is 6.66. The number of ether oxygens (including phenoxy) is 1. The maximum Gasteiger partial charge on any atom is 0.251 e. The molecule has 4 rings (SSSR count). The Bertz CT molecular complexity index is 780. The SMILES string of the molecule is CCOc1ccc(N2C(=O)C[C@H](N3CCC(C(=O)N4CCCCC4)CC3)C2=O)cc1. The van der Waals surface area contributed by atoms with Crippen LogP contribution in [0.3, 0.4) is 0 Å². The van der Waals surface area contributed by atoms with Crippen molar-refractivity contribution < 1.29 is 19.1 Å². The van der Waals surface area contributed by atoms with E-state index in [1.165, 1.54) is 11.3 Å². The molecule has 3 amide bonds. The normalized spacial score (nSPS) is 23.8. The number of hydrogen-bond donors (Lipinski definition) is 0. The summed E-state index contributed by atoms with van der Waals surface area (Å²) in [5, 5.41) is 0. The maximum absolute atomic E-state index is 13.0. The van der Waals surface area contributed by atoms with Gasteiger partial charge in [-0.2, -0.15) is 0 Å². The molecule has 7 heteroatoms. The molecule has 0 bridgehead atoms. The lowest BCUT2D eigenvalue weighted by atomic mass is 9.93. The molecule has 3 heterocycles. The van der Waals surface area contributed by atoms with Crippen molar-refractivity contribution in [2.75, 3.05) is 37.7 Å². The average Bonchev–Trinajstić information content (AvgIpc) is 3.09. The van der Waals surface area contributed by atoms with E-state index in [2.05, 4.69) is 4.90 Å². The Morgan fingerprint density at radius 3 is 2.30 bits per heavy atom. The molecule has 1 aromatic rings. The highest BCUT2D eigenvalue weighted by atomic mass is 16.5. The van der Waals surface area contributed by atoms with Crippen LogP contribution in [0.1, 0.15) is 45.4 Å². The van der Waals surface area contributed by atoms with Crippen LogP contribution in [-0.2, 0) is 14.4 Å². The zero-order valence-corrected chi connectivity index (χ0v) is 17.7. The second-order valence-corrected chi connectivity index (χ2v) is 8.41. The van der Waals surface area contributed by atoms with Crippen molar-refractivity contribution in [1.29, 1.82) is 0 Å². The Hall–Kier alpha value is -2.41. The van der Waals surface area contributed by atoms with Gasteiger partial charge in [0.2, 0.25) is 11.8 Å². The number of hydrogen-bond acceptors (Lipinski definition) is 5. The second kappa shape index (κ2) is 9.16. The van der Waals surface area contributed by atoms with Gasteiger partial charge < -0.3 is 9.64 Å². The second-order valence-electron chi connectivity index (χ2n) is 8.41. The van der Waals surface area contributed by atoms with Crippen LogP contribution in [0, 0.1) is 5.92 Å². The summed E-state index contributed by atoms with van der Waals surface area (Å²) in [4.78, 5) is 43.8. The lowest BCUT2D eigenvalue weighted by Gasteiger charge is -2.37. The first kappa shape index (κ1) is 20.8. The Labute approximate surface area is 177 Å². The van der Waals surface area contributed by atoms with Gasteiger partial charge in [0.15, 0.2) is 0 Å². The number of rotatable bonds is 5. The molecule has 7 nitrogen and oxygen atoms in total. The summed E-state index contributed by atoms with van der Waals surface area (Å²) in [5.41, 5.74) is 0.589. The number of piperidine rings is 2. The molecule has 1 atom stereocenters. The predicted octanol–water partition coefficient (Wildman–Crippen LogP) is 2.44. The van der Waals surface area contributed by atoms with Crippen LogP contribution in [0.25, 0.3) is 0 Å².